The van der Waals surface area contributed by atoms with Crippen molar-refractivity contribution in [2.24, 2.45) is 0 Å². The smallest absolute Gasteiger partial charge is 0.258 e. The van der Waals surface area contributed by atoms with E-state index in [0.29, 0.717) is 36.6 Å². The number of ether oxygens (including phenoxy) is 1. The van der Waals surface area contributed by atoms with Gasteiger partial charge in [-0.1, -0.05) is 37.3 Å². The molecule has 1 heterocycles. The molecule has 6 nitrogen and oxygen atoms in total. The average molecular weight is 403 g/mol. The van der Waals surface area contributed by atoms with Crippen molar-refractivity contribution in [1.29, 1.82) is 0 Å². The molecule has 0 saturated carbocycles. The molecule has 2 aromatic rings. The maximum absolute atomic E-state index is 12.8. The molecule has 1 aliphatic heterocycles. The fraction of sp³-hybridized carbons (Fsp3) is 0.381. The van der Waals surface area contributed by atoms with Crippen molar-refractivity contribution in [3.05, 3.63) is 60.2 Å². The number of carbonyl (C=O) groups excluding carboxylic acids is 1. The third-order valence-corrected chi connectivity index (χ3v) is 6.81. The molecule has 3 rings (SSSR count). The highest BCUT2D eigenvalue weighted by Gasteiger charge is 2.29. The van der Waals surface area contributed by atoms with Gasteiger partial charge in [-0.25, -0.2) is 8.42 Å². The minimum absolute atomic E-state index is 0.0409. The van der Waals surface area contributed by atoms with Gasteiger partial charge in [0, 0.05) is 19.1 Å². The van der Waals surface area contributed by atoms with Gasteiger partial charge in [0.2, 0.25) is 10.0 Å². The summed E-state index contributed by atoms with van der Waals surface area (Å²) in [5.74, 6) is 0.452. The molecule has 0 aliphatic carbocycles. The predicted octanol–water partition coefficient (Wildman–Crippen LogP) is 2.60. The molecule has 1 amide bonds. The lowest BCUT2D eigenvalue weighted by molar-refractivity contribution is -0.124. The second kappa shape index (κ2) is 9.21. The molecule has 150 valence electrons. The van der Waals surface area contributed by atoms with Crippen molar-refractivity contribution in [3.63, 3.8) is 0 Å². The molecule has 0 unspecified atom stereocenters. The number of hydrogen-bond donors (Lipinski definition) is 1. The summed E-state index contributed by atoms with van der Waals surface area (Å²) >= 11 is 0. The average Bonchev–Trinajstić information content (AvgIpc) is 2.73. The minimum Gasteiger partial charge on any atom is -0.484 e. The molecule has 0 spiro atoms. The molecule has 7 heteroatoms. The van der Waals surface area contributed by atoms with Crippen LogP contribution in [0.3, 0.4) is 0 Å². The highest BCUT2D eigenvalue weighted by atomic mass is 32.2. The van der Waals surface area contributed by atoms with E-state index in [1.54, 1.807) is 24.3 Å². The number of nitrogens with zero attached hydrogens (tertiary/aromatic N) is 1. The van der Waals surface area contributed by atoms with Crippen molar-refractivity contribution in [2.75, 3.05) is 19.7 Å². The standard InChI is InChI=1S/C21H26N2O4S/c1-2-17-8-10-20(11-9-17)28(25,26)23-14-12-18(13-15-23)22-21(24)16-27-19-6-4-3-5-7-19/h3-11,18H,2,12-16H2,1H3,(H,22,24). The van der Waals surface area contributed by atoms with Gasteiger partial charge < -0.3 is 10.1 Å². The Morgan fingerprint density at radius 3 is 2.32 bits per heavy atom. The van der Waals surface area contributed by atoms with E-state index in [9.17, 15) is 13.2 Å². The number of aryl methyl sites for hydroxylation is 1. The largest absolute Gasteiger partial charge is 0.484 e. The van der Waals surface area contributed by atoms with Gasteiger partial charge in [0.05, 0.1) is 4.90 Å². The molecule has 0 radical (unpaired) electrons. The van der Waals surface area contributed by atoms with Gasteiger partial charge in [-0.05, 0) is 49.1 Å². The maximum Gasteiger partial charge on any atom is 0.258 e. The molecule has 1 N–H and O–H groups in total. The zero-order chi connectivity index (χ0) is 20.0. The van der Waals surface area contributed by atoms with Crippen LogP contribution in [0.4, 0.5) is 0 Å². The van der Waals surface area contributed by atoms with E-state index in [0.717, 1.165) is 12.0 Å². The highest BCUT2D eigenvalue weighted by Crippen LogP contribution is 2.21. The summed E-state index contributed by atoms with van der Waals surface area (Å²) in [5, 5.41) is 2.93. The Balaban J connectivity index is 1.48. The number of rotatable bonds is 7. The minimum atomic E-state index is -3.49. The van der Waals surface area contributed by atoms with Crippen LogP contribution in [0.15, 0.2) is 59.5 Å². The summed E-state index contributed by atoms with van der Waals surface area (Å²) in [6.07, 6.45) is 2.05. The molecular formula is C21H26N2O4S. The van der Waals surface area contributed by atoms with E-state index >= 15 is 0 Å². The lowest BCUT2D eigenvalue weighted by Gasteiger charge is -2.31. The van der Waals surface area contributed by atoms with Crippen LogP contribution < -0.4 is 10.1 Å². The maximum atomic E-state index is 12.8. The molecule has 28 heavy (non-hydrogen) atoms. The number of amides is 1. The van der Waals surface area contributed by atoms with Crippen LogP contribution in [-0.4, -0.2) is 44.4 Å². The Morgan fingerprint density at radius 1 is 1.07 bits per heavy atom. The molecule has 1 fully saturated rings. The van der Waals surface area contributed by atoms with Gasteiger partial charge in [0.25, 0.3) is 5.91 Å². The number of sulfonamides is 1. The summed E-state index contributed by atoms with van der Waals surface area (Å²) in [7, 11) is -3.49. The van der Waals surface area contributed by atoms with Crippen molar-refractivity contribution in [1.82, 2.24) is 9.62 Å². The molecule has 0 aromatic heterocycles. The Bertz CT molecular complexity index is 874. The quantitative estimate of drug-likeness (QED) is 0.772. The molecule has 0 atom stereocenters. The van der Waals surface area contributed by atoms with Crippen LogP contribution >= 0.6 is 0 Å². The van der Waals surface area contributed by atoms with Gasteiger partial charge in [-0.3, -0.25) is 4.79 Å². The van der Waals surface area contributed by atoms with Crippen LogP contribution in [0.1, 0.15) is 25.3 Å². The van der Waals surface area contributed by atoms with E-state index < -0.39 is 10.0 Å². The number of piperidine rings is 1. The third kappa shape index (κ3) is 5.11. The first-order chi connectivity index (χ1) is 13.5. The Labute approximate surface area is 166 Å². The van der Waals surface area contributed by atoms with Gasteiger partial charge in [0.1, 0.15) is 5.75 Å². The fourth-order valence-electron chi connectivity index (χ4n) is 3.22. The summed E-state index contributed by atoms with van der Waals surface area (Å²) in [6.45, 7) is 2.77. The predicted molar refractivity (Wildman–Crippen MR) is 108 cm³/mol. The van der Waals surface area contributed by atoms with Gasteiger partial charge in [0.15, 0.2) is 6.61 Å². The number of hydrogen-bond acceptors (Lipinski definition) is 4. The van der Waals surface area contributed by atoms with Crippen LogP contribution in [0, 0.1) is 0 Å². The first kappa shape index (κ1) is 20.4. The highest BCUT2D eigenvalue weighted by molar-refractivity contribution is 7.89. The monoisotopic (exact) mass is 402 g/mol. The number of nitrogens with one attached hydrogen (secondary N) is 1. The third-order valence-electron chi connectivity index (χ3n) is 4.90. The Hall–Kier alpha value is -2.38. The fourth-order valence-corrected chi connectivity index (χ4v) is 4.69. The summed E-state index contributed by atoms with van der Waals surface area (Å²) < 4.78 is 32.5. The zero-order valence-electron chi connectivity index (χ0n) is 16.0. The molecule has 1 saturated heterocycles. The van der Waals surface area contributed by atoms with Gasteiger partial charge >= 0.3 is 0 Å². The van der Waals surface area contributed by atoms with Crippen LogP contribution in [-0.2, 0) is 21.2 Å². The molecule has 2 aromatic carbocycles. The second-order valence-corrected chi connectivity index (χ2v) is 8.78. The Kier molecular flexibility index (Phi) is 6.70. The van der Waals surface area contributed by atoms with E-state index in [4.69, 9.17) is 4.74 Å². The topological polar surface area (TPSA) is 75.7 Å². The van der Waals surface area contributed by atoms with E-state index in [1.165, 1.54) is 4.31 Å². The first-order valence-electron chi connectivity index (χ1n) is 9.55. The number of para-hydroxylation sites is 1. The zero-order valence-corrected chi connectivity index (χ0v) is 16.8. The first-order valence-corrected chi connectivity index (χ1v) is 11.0. The van der Waals surface area contributed by atoms with E-state index in [-0.39, 0.29) is 18.6 Å². The number of benzene rings is 2. The number of carbonyl (C=O) groups is 1. The van der Waals surface area contributed by atoms with Crippen molar-refractivity contribution in [3.8, 4) is 5.75 Å². The van der Waals surface area contributed by atoms with Gasteiger partial charge in [-0.15, -0.1) is 0 Å². The van der Waals surface area contributed by atoms with Crippen molar-refractivity contribution < 1.29 is 17.9 Å². The van der Waals surface area contributed by atoms with Crippen molar-refractivity contribution in [2.45, 2.75) is 37.1 Å². The molecular weight excluding hydrogens is 376 g/mol. The SMILES string of the molecule is CCc1ccc(S(=O)(=O)N2CCC(NC(=O)COc3ccccc3)CC2)cc1. The Morgan fingerprint density at radius 2 is 1.71 bits per heavy atom. The van der Waals surface area contributed by atoms with Crippen LogP contribution in [0.5, 0.6) is 5.75 Å². The second-order valence-electron chi connectivity index (χ2n) is 6.85. The summed E-state index contributed by atoms with van der Waals surface area (Å²) in [5.41, 5.74) is 1.11. The lowest BCUT2D eigenvalue weighted by Crippen LogP contribution is -2.47. The van der Waals surface area contributed by atoms with Crippen molar-refractivity contribution >= 4 is 15.9 Å². The van der Waals surface area contributed by atoms with E-state index in [2.05, 4.69) is 5.32 Å². The summed E-state index contributed by atoms with van der Waals surface area (Å²) in [6, 6.07) is 16.2. The molecule has 0 bridgehead atoms. The normalized spacial score (nSPS) is 15.9. The van der Waals surface area contributed by atoms with E-state index in [1.807, 2.05) is 37.3 Å². The van der Waals surface area contributed by atoms with Crippen LogP contribution in [0.25, 0.3) is 0 Å². The lowest BCUT2D eigenvalue weighted by atomic mass is 10.1. The summed E-state index contributed by atoms with van der Waals surface area (Å²) in [4.78, 5) is 12.4. The van der Waals surface area contributed by atoms with Gasteiger partial charge in [-0.2, -0.15) is 4.31 Å². The van der Waals surface area contributed by atoms with Crippen LogP contribution in [0.2, 0.25) is 0 Å². The molecule has 1 aliphatic rings.